The highest BCUT2D eigenvalue weighted by Gasteiger charge is 2.32. The SMILES string of the molecule is Cc1ccc(C2CC(NC3CCCCCC3C)C2)cc1. The lowest BCUT2D eigenvalue weighted by Crippen LogP contribution is -2.47. The van der Waals surface area contributed by atoms with E-state index in [2.05, 4.69) is 43.4 Å². The summed E-state index contributed by atoms with van der Waals surface area (Å²) in [6.45, 7) is 4.61. The first kappa shape index (κ1) is 14.1. The zero-order valence-electron chi connectivity index (χ0n) is 13.1. The summed E-state index contributed by atoms with van der Waals surface area (Å²) in [4.78, 5) is 0. The van der Waals surface area contributed by atoms with E-state index in [1.54, 1.807) is 5.56 Å². The quantitative estimate of drug-likeness (QED) is 0.779. The predicted octanol–water partition coefficient (Wildman–Crippen LogP) is 4.80. The Morgan fingerprint density at radius 3 is 2.40 bits per heavy atom. The van der Waals surface area contributed by atoms with Crippen LogP contribution in [0.3, 0.4) is 0 Å². The van der Waals surface area contributed by atoms with Crippen LogP contribution in [-0.2, 0) is 0 Å². The summed E-state index contributed by atoms with van der Waals surface area (Å²) in [5.74, 6) is 1.67. The van der Waals surface area contributed by atoms with Crippen LogP contribution >= 0.6 is 0 Å². The molecule has 0 amide bonds. The minimum atomic E-state index is 0.770. The maximum atomic E-state index is 3.96. The van der Waals surface area contributed by atoms with Gasteiger partial charge in [0.05, 0.1) is 0 Å². The van der Waals surface area contributed by atoms with Gasteiger partial charge in [-0.15, -0.1) is 0 Å². The Morgan fingerprint density at radius 1 is 0.950 bits per heavy atom. The zero-order chi connectivity index (χ0) is 13.9. The first-order chi connectivity index (χ1) is 9.72. The van der Waals surface area contributed by atoms with Gasteiger partial charge in [-0.05, 0) is 50.0 Å². The average molecular weight is 271 g/mol. The van der Waals surface area contributed by atoms with Gasteiger partial charge < -0.3 is 5.32 Å². The average Bonchev–Trinajstić information content (AvgIpc) is 2.60. The molecule has 0 radical (unpaired) electrons. The molecule has 1 aromatic rings. The van der Waals surface area contributed by atoms with Crippen LogP contribution in [0.5, 0.6) is 0 Å². The lowest BCUT2D eigenvalue weighted by Gasteiger charge is -2.40. The Balaban J connectivity index is 1.49. The maximum absolute atomic E-state index is 3.96. The zero-order valence-corrected chi connectivity index (χ0v) is 13.1. The molecule has 20 heavy (non-hydrogen) atoms. The molecular weight excluding hydrogens is 242 g/mol. The van der Waals surface area contributed by atoms with Crippen molar-refractivity contribution in [2.45, 2.75) is 76.8 Å². The monoisotopic (exact) mass is 271 g/mol. The van der Waals surface area contributed by atoms with Crippen molar-refractivity contribution >= 4 is 0 Å². The predicted molar refractivity (Wildman–Crippen MR) is 86.1 cm³/mol. The maximum Gasteiger partial charge on any atom is 0.00952 e. The minimum absolute atomic E-state index is 0.770. The first-order valence-corrected chi connectivity index (χ1v) is 8.55. The van der Waals surface area contributed by atoms with E-state index in [0.29, 0.717) is 0 Å². The van der Waals surface area contributed by atoms with Crippen LogP contribution in [0, 0.1) is 12.8 Å². The van der Waals surface area contributed by atoms with Crippen molar-refractivity contribution in [3.05, 3.63) is 35.4 Å². The standard InChI is InChI=1S/C19H29N/c1-14-8-10-16(11-9-14)17-12-18(13-17)20-19-7-5-3-4-6-15(19)2/h8-11,15,17-20H,3-7,12-13H2,1-2H3. The molecule has 0 heterocycles. The van der Waals surface area contributed by atoms with E-state index < -0.39 is 0 Å². The van der Waals surface area contributed by atoms with Crippen molar-refractivity contribution in [2.24, 2.45) is 5.92 Å². The molecule has 0 aromatic heterocycles. The summed E-state index contributed by atoms with van der Waals surface area (Å²) >= 11 is 0. The second kappa shape index (κ2) is 6.30. The summed E-state index contributed by atoms with van der Waals surface area (Å²) in [7, 11) is 0. The molecule has 3 rings (SSSR count). The number of aryl methyl sites for hydroxylation is 1. The van der Waals surface area contributed by atoms with E-state index in [-0.39, 0.29) is 0 Å². The van der Waals surface area contributed by atoms with Gasteiger partial charge in [0.2, 0.25) is 0 Å². The van der Waals surface area contributed by atoms with Gasteiger partial charge in [-0.3, -0.25) is 0 Å². The highest BCUT2D eigenvalue weighted by Crippen LogP contribution is 2.38. The van der Waals surface area contributed by atoms with Gasteiger partial charge in [0.1, 0.15) is 0 Å². The highest BCUT2D eigenvalue weighted by atomic mass is 15.0. The molecule has 0 spiro atoms. The number of nitrogens with one attached hydrogen (secondary N) is 1. The van der Waals surface area contributed by atoms with E-state index in [1.165, 1.54) is 50.5 Å². The van der Waals surface area contributed by atoms with Crippen molar-refractivity contribution in [1.29, 1.82) is 0 Å². The number of hydrogen-bond acceptors (Lipinski definition) is 1. The molecule has 2 atom stereocenters. The lowest BCUT2D eigenvalue weighted by molar-refractivity contribution is 0.229. The Labute approximate surface area is 124 Å². The normalized spacial score (nSPS) is 34.3. The number of hydrogen-bond donors (Lipinski definition) is 1. The fraction of sp³-hybridized carbons (Fsp3) is 0.684. The molecule has 1 heteroatoms. The van der Waals surface area contributed by atoms with E-state index in [1.807, 2.05) is 0 Å². The van der Waals surface area contributed by atoms with Gasteiger partial charge in [-0.2, -0.15) is 0 Å². The van der Waals surface area contributed by atoms with Gasteiger partial charge in [0.25, 0.3) is 0 Å². The van der Waals surface area contributed by atoms with Crippen molar-refractivity contribution in [1.82, 2.24) is 5.32 Å². The van der Waals surface area contributed by atoms with Crippen molar-refractivity contribution in [2.75, 3.05) is 0 Å². The molecule has 2 unspecified atom stereocenters. The highest BCUT2D eigenvalue weighted by molar-refractivity contribution is 5.26. The molecule has 0 bridgehead atoms. The summed E-state index contributed by atoms with van der Waals surface area (Å²) in [5.41, 5.74) is 2.91. The summed E-state index contributed by atoms with van der Waals surface area (Å²) in [6, 6.07) is 10.7. The van der Waals surface area contributed by atoms with Crippen molar-refractivity contribution < 1.29 is 0 Å². The van der Waals surface area contributed by atoms with Crippen LogP contribution in [0.2, 0.25) is 0 Å². The molecular formula is C19H29N. The topological polar surface area (TPSA) is 12.0 Å². The molecule has 2 saturated carbocycles. The molecule has 0 aliphatic heterocycles. The van der Waals surface area contributed by atoms with E-state index in [9.17, 15) is 0 Å². The van der Waals surface area contributed by atoms with E-state index >= 15 is 0 Å². The second-order valence-corrected chi connectivity index (χ2v) is 7.16. The third kappa shape index (κ3) is 3.25. The third-order valence-corrected chi connectivity index (χ3v) is 5.50. The summed E-state index contributed by atoms with van der Waals surface area (Å²) in [6.07, 6.45) is 9.81. The Kier molecular flexibility index (Phi) is 4.45. The third-order valence-electron chi connectivity index (χ3n) is 5.50. The summed E-state index contributed by atoms with van der Waals surface area (Å²) < 4.78 is 0. The van der Waals surface area contributed by atoms with E-state index in [4.69, 9.17) is 0 Å². The van der Waals surface area contributed by atoms with Gasteiger partial charge >= 0.3 is 0 Å². The van der Waals surface area contributed by atoms with Crippen LogP contribution < -0.4 is 5.32 Å². The Bertz CT molecular complexity index is 416. The fourth-order valence-corrected chi connectivity index (χ4v) is 3.91. The molecule has 2 fully saturated rings. The van der Waals surface area contributed by atoms with Gasteiger partial charge in [0.15, 0.2) is 0 Å². The first-order valence-electron chi connectivity index (χ1n) is 8.55. The van der Waals surface area contributed by atoms with Crippen molar-refractivity contribution in [3.8, 4) is 0 Å². The van der Waals surface area contributed by atoms with Crippen LogP contribution in [0.25, 0.3) is 0 Å². The molecule has 1 N–H and O–H groups in total. The van der Waals surface area contributed by atoms with Gasteiger partial charge in [0, 0.05) is 12.1 Å². The van der Waals surface area contributed by atoms with Crippen LogP contribution in [0.4, 0.5) is 0 Å². The molecule has 1 aromatic carbocycles. The number of rotatable bonds is 3. The van der Waals surface area contributed by atoms with Gasteiger partial charge in [-0.1, -0.05) is 56.0 Å². The lowest BCUT2D eigenvalue weighted by atomic mass is 9.75. The van der Waals surface area contributed by atoms with Crippen LogP contribution in [-0.4, -0.2) is 12.1 Å². The molecule has 2 aliphatic carbocycles. The Morgan fingerprint density at radius 2 is 1.65 bits per heavy atom. The minimum Gasteiger partial charge on any atom is -0.311 e. The van der Waals surface area contributed by atoms with Gasteiger partial charge in [-0.25, -0.2) is 0 Å². The van der Waals surface area contributed by atoms with Crippen LogP contribution in [0.1, 0.15) is 68.9 Å². The number of benzene rings is 1. The smallest absolute Gasteiger partial charge is 0.00952 e. The van der Waals surface area contributed by atoms with E-state index in [0.717, 1.165) is 23.9 Å². The molecule has 0 saturated heterocycles. The second-order valence-electron chi connectivity index (χ2n) is 7.16. The molecule has 2 aliphatic rings. The van der Waals surface area contributed by atoms with Crippen LogP contribution in [0.15, 0.2) is 24.3 Å². The fourth-order valence-electron chi connectivity index (χ4n) is 3.91. The Hall–Kier alpha value is -0.820. The van der Waals surface area contributed by atoms with Crippen molar-refractivity contribution in [3.63, 3.8) is 0 Å². The largest absolute Gasteiger partial charge is 0.311 e. The molecule has 110 valence electrons. The summed E-state index contributed by atoms with van der Waals surface area (Å²) in [5, 5.41) is 3.96. The molecule has 1 nitrogen and oxygen atoms in total.